The van der Waals surface area contributed by atoms with Gasteiger partial charge in [0.1, 0.15) is 0 Å². The van der Waals surface area contributed by atoms with Crippen LogP contribution in [0.3, 0.4) is 0 Å². The minimum atomic E-state index is -0.508. The lowest BCUT2D eigenvalue weighted by Crippen LogP contribution is -2.49. The van der Waals surface area contributed by atoms with Crippen molar-refractivity contribution in [1.29, 1.82) is 5.26 Å². The molecule has 168 valence electrons. The summed E-state index contributed by atoms with van der Waals surface area (Å²) in [4.78, 5) is 19.8. The van der Waals surface area contributed by atoms with Crippen LogP contribution in [0.1, 0.15) is 32.3 Å². The average Bonchev–Trinajstić information content (AvgIpc) is 2.85. The van der Waals surface area contributed by atoms with Crippen LogP contribution in [0.5, 0.6) is 0 Å². The second kappa shape index (κ2) is 9.62. The van der Waals surface area contributed by atoms with Gasteiger partial charge in [-0.05, 0) is 44.4 Å². The number of hydrogen-bond donors (Lipinski definition) is 1. The van der Waals surface area contributed by atoms with E-state index < -0.39 is 5.41 Å². The Labute approximate surface area is 191 Å². The molecule has 2 aliphatic heterocycles. The molecule has 0 aliphatic carbocycles. The molecule has 2 aliphatic rings. The van der Waals surface area contributed by atoms with Gasteiger partial charge in [-0.2, -0.15) is 5.26 Å². The maximum Gasteiger partial charge on any atom is 0.321 e. The van der Waals surface area contributed by atoms with E-state index in [0.717, 1.165) is 43.1 Å². The summed E-state index contributed by atoms with van der Waals surface area (Å²) in [6.07, 6.45) is 1.31. The first kappa shape index (κ1) is 22.2. The minimum Gasteiger partial charge on any atom is -0.367 e. The first-order valence-electron chi connectivity index (χ1n) is 11.6. The number of benzene rings is 2. The second-order valence-electron chi connectivity index (χ2n) is 9.11. The highest BCUT2D eigenvalue weighted by atomic mass is 16.2. The number of hydrogen-bond acceptors (Lipinski definition) is 4. The Morgan fingerprint density at radius 2 is 1.56 bits per heavy atom. The van der Waals surface area contributed by atoms with Crippen molar-refractivity contribution in [3.8, 4) is 6.07 Å². The van der Waals surface area contributed by atoms with Crippen molar-refractivity contribution in [1.82, 2.24) is 9.80 Å². The molecule has 0 spiro atoms. The minimum absolute atomic E-state index is 0.0853. The van der Waals surface area contributed by atoms with Crippen LogP contribution in [0.4, 0.5) is 16.2 Å². The number of nitrogens with zero attached hydrogens (tertiary/aromatic N) is 4. The highest BCUT2D eigenvalue weighted by Gasteiger charge is 2.37. The van der Waals surface area contributed by atoms with Gasteiger partial charge in [0.15, 0.2) is 0 Å². The zero-order chi connectivity index (χ0) is 22.6. The van der Waals surface area contributed by atoms with Crippen LogP contribution < -0.4 is 10.2 Å². The quantitative estimate of drug-likeness (QED) is 0.784. The summed E-state index contributed by atoms with van der Waals surface area (Å²) < 4.78 is 0. The van der Waals surface area contributed by atoms with Crippen molar-refractivity contribution in [3.05, 3.63) is 60.2 Å². The highest BCUT2D eigenvalue weighted by Crippen LogP contribution is 2.35. The molecule has 0 atom stereocenters. The van der Waals surface area contributed by atoms with E-state index in [1.165, 1.54) is 0 Å². The molecule has 2 saturated heterocycles. The van der Waals surface area contributed by atoms with Gasteiger partial charge in [0.05, 0.1) is 22.9 Å². The van der Waals surface area contributed by atoms with Crippen molar-refractivity contribution < 1.29 is 4.79 Å². The molecular formula is C26H33N5O. The van der Waals surface area contributed by atoms with Crippen molar-refractivity contribution in [3.63, 3.8) is 0 Å². The molecule has 0 aromatic heterocycles. The Bertz CT molecular complexity index is 952. The van der Waals surface area contributed by atoms with Crippen molar-refractivity contribution in [2.75, 3.05) is 49.5 Å². The fourth-order valence-electron chi connectivity index (χ4n) is 4.84. The fourth-order valence-corrected chi connectivity index (χ4v) is 4.84. The summed E-state index contributed by atoms with van der Waals surface area (Å²) in [5.41, 5.74) is 2.48. The van der Waals surface area contributed by atoms with E-state index in [0.29, 0.717) is 32.0 Å². The lowest BCUT2D eigenvalue weighted by molar-refractivity contribution is 0.183. The molecule has 32 heavy (non-hydrogen) atoms. The molecule has 2 fully saturated rings. The first-order valence-corrected chi connectivity index (χ1v) is 11.6. The average molecular weight is 432 g/mol. The van der Waals surface area contributed by atoms with Gasteiger partial charge in [0.2, 0.25) is 0 Å². The third-order valence-electron chi connectivity index (χ3n) is 6.98. The monoisotopic (exact) mass is 431 g/mol. The summed E-state index contributed by atoms with van der Waals surface area (Å²) >= 11 is 0. The molecule has 6 nitrogen and oxygen atoms in total. The Balaban J connectivity index is 1.40. The molecule has 6 heteroatoms. The standard InChI is InChI=1S/C26H33N5O/c1-21(2)29-16-18-30(19-17-29)24-11-7-6-10-23(24)28-25(32)31-14-12-26(20-27,13-15-31)22-8-4-3-5-9-22/h3-11,21H,12-19H2,1-2H3,(H,28,32). The van der Waals surface area contributed by atoms with Crippen molar-refractivity contribution in [2.24, 2.45) is 0 Å². The third kappa shape index (κ3) is 4.58. The summed E-state index contributed by atoms with van der Waals surface area (Å²) in [7, 11) is 0. The van der Waals surface area contributed by atoms with Crippen LogP contribution >= 0.6 is 0 Å². The van der Waals surface area contributed by atoms with Crippen molar-refractivity contribution >= 4 is 17.4 Å². The number of piperazine rings is 1. The van der Waals surface area contributed by atoms with Gasteiger partial charge in [0, 0.05) is 45.3 Å². The molecule has 1 N–H and O–H groups in total. The van der Waals surface area contributed by atoms with Crippen LogP contribution in [0.2, 0.25) is 0 Å². The van der Waals surface area contributed by atoms with Crippen LogP contribution in [-0.2, 0) is 5.41 Å². The number of anilines is 2. The topological polar surface area (TPSA) is 62.6 Å². The summed E-state index contributed by atoms with van der Waals surface area (Å²) in [5.74, 6) is 0. The molecule has 0 radical (unpaired) electrons. The molecule has 0 bridgehead atoms. The Morgan fingerprint density at radius 1 is 0.938 bits per heavy atom. The van der Waals surface area contributed by atoms with Gasteiger partial charge in [-0.3, -0.25) is 4.90 Å². The predicted molar refractivity (Wildman–Crippen MR) is 129 cm³/mol. The summed E-state index contributed by atoms with van der Waals surface area (Å²) in [5, 5.41) is 13.1. The molecule has 2 amide bonds. The number of rotatable bonds is 4. The van der Waals surface area contributed by atoms with E-state index in [9.17, 15) is 10.1 Å². The number of nitriles is 1. The SMILES string of the molecule is CC(C)N1CCN(c2ccccc2NC(=O)N2CCC(C#N)(c3ccccc3)CC2)CC1. The number of piperidine rings is 1. The normalized spacial score (nSPS) is 18.9. The predicted octanol–water partition coefficient (Wildman–Crippen LogP) is 4.31. The number of nitrogens with one attached hydrogen (secondary N) is 1. The lowest BCUT2D eigenvalue weighted by atomic mass is 9.74. The lowest BCUT2D eigenvalue weighted by Gasteiger charge is -2.39. The Hall–Kier alpha value is -3.04. The number of carbonyl (C=O) groups is 1. The molecule has 2 aromatic rings. The van der Waals surface area contributed by atoms with Gasteiger partial charge in [-0.15, -0.1) is 0 Å². The molecule has 0 unspecified atom stereocenters. The van der Waals surface area contributed by atoms with Crippen molar-refractivity contribution in [2.45, 2.75) is 38.1 Å². The van der Waals surface area contributed by atoms with Gasteiger partial charge in [0.25, 0.3) is 0 Å². The highest BCUT2D eigenvalue weighted by molar-refractivity contribution is 5.93. The number of likely N-dealkylation sites (tertiary alicyclic amines) is 1. The van der Waals surface area contributed by atoms with Crippen LogP contribution in [0, 0.1) is 11.3 Å². The van der Waals surface area contributed by atoms with Crippen LogP contribution in [0.15, 0.2) is 54.6 Å². The summed E-state index contributed by atoms with van der Waals surface area (Å²) in [6, 6.07) is 21.0. The Kier molecular flexibility index (Phi) is 6.66. The zero-order valence-corrected chi connectivity index (χ0v) is 19.1. The third-order valence-corrected chi connectivity index (χ3v) is 6.98. The maximum absolute atomic E-state index is 13.1. The smallest absolute Gasteiger partial charge is 0.321 e. The zero-order valence-electron chi connectivity index (χ0n) is 19.1. The molecular weight excluding hydrogens is 398 g/mol. The second-order valence-corrected chi connectivity index (χ2v) is 9.11. The van der Waals surface area contributed by atoms with Crippen LogP contribution in [0.25, 0.3) is 0 Å². The molecule has 2 aromatic carbocycles. The van der Waals surface area contributed by atoms with E-state index >= 15 is 0 Å². The van der Waals surface area contributed by atoms with E-state index in [1.807, 2.05) is 53.4 Å². The largest absolute Gasteiger partial charge is 0.367 e. The summed E-state index contributed by atoms with van der Waals surface area (Å²) in [6.45, 7) is 9.59. The fraction of sp³-hybridized carbons (Fsp3) is 0.462. The maximum atomic E-state index is 13.1. The number of carbonyl (C=O) groups excluding carboxylic acids is 1. The number of amides is 2. The van der Waals surface area contributed by atoms with E-state index in [4.69, 9.17) is 0 Å². The molecule has 0 saturated carbocycles. The number of urea groups is 1. The Morgan fingerprint density at radius 3 is 2.19 bits per heavy atom. The van der Waals surface area contributed by atoms with E-state index in [2.05, 4.69) is 41.1 Å². The first-order chi connectivity index (χ1) is 15.5. The number of para-hydroxylation sites is 2. The molecule has 2 heterocycles. The van der Waals surface area contributed by atoms with Gasteiger partial charge in [-0.1, -0.05) is 42.5 Å². The van der Waals surface area contributed by atoms with E-state index in [-0.39, 0.29) is 6.03 Å². The molecule has 4 rings (SSSR count). The van der Waals surface area contributed by atoms with E-state index in [1.54, 1.807) is 0 Å². The van der Waals surface area contributed by atoms with Gasteiger partial charge >= 0.3 is 6.03 Å². The van der Waals surface area contributed by atoms with Gasteiger partial charge < -0.3 is 15.1 Å². The van der Waals surface area contributed by atoms with Crippen LogP contribution in [-0.4, -0.2) is 61.1 Å². The van der Waals surface area contributed by atoms with Gasteiger partial charge in [-0.25, -0.2) is 4.79 Å².